The molecule has 2 N–H and O–H groups in total. The standard InChI is InChI=1S/C19H24F3N3O5/c1-11-5-3-4-6-14(11)24-17(26)10-30-18(27)12(2)23-15-8-7-13(19(20,21)22)9-16(15)25(28)29/h7-9,11-12,14,23H,3-6,10H2,1-2H3,(H,24,26)/t11?,12-,14?/m0/s1. The van der Waals surface area contributed by atoms with Crippen molar-refractivity contribution in [3.63, 3.8) is 0 Å². The maximum absolute atomic E-state index is 12.8. The van der Waals surface area contributed by atoms with E-state index in [1.54, 1.807) is 0 Å². The van der Waals surface area contributed by atoms with Crippen LogP contribution in [-0.4, -0.2) is 35.5 Å². The molecule has 0 saturated heterocycles. The third kappa shape index (κ3) is 6.33. The lowest BCUT2D eigenvalue weighted by Crippen LogP contribution is -2.43. The molecular weight excluding hydrogens is 407 g/mol. The molecule has 1 aliphatic rings. The fraction of sp³-hybridized carbons (Fsp3) is 0.579. The molecule has 2 unspecified atom stereocenters. The first-order valence-electron chi connectivity index (χ1n) is 9.57. The van der Waals surface area contributed by atoms with E-state index >= 15 is 0 Å². The fourth-order valence-electron chi connectivity index (χ4n) is 3.31. The molecule has 0 aliphatic heterocycles. The van der Waals surface area contributed by atoms with E-state index in [0.29, 0.717) is 18.1 Å². The van der Waals surface area contributed by atoms with Gasteiger partial charge in [0.25, 0.3) is 11.6 Å². The second-order valence-electron chi connectivity index (χ2n) is 7.40. The molecule has 0 heterocycles. The number of alkyl halides is 3. The number of nitro groups is 1. The van der Waals surface area contributed by atoms with Gasteiger partial charge in [-0.3, -0.25) is 14.9 Å². The molecule has 166 valence electrons. The minimum atomic E-state index is -4.74. The lowest BCUT2D eigenvalue weighted by atomic mass is 9.86. The predicted octanol–water partition coefficient (Wildman–Crippen LogP) is 3.65. The van der Waals surface area contributed by atoms with Crippen LogP contribution in [0.1, 0.15) is 45.1 Å². The van der Waals surface area contributed by atoms with Gasteiger partial charge in [-0.1, -0.05) is 19.8 Å². The number of esters is 1. The number of hydrogen-bond donors (Lipinski definition) is 2. The maximum Gasteiger partial charge on any atom is 0.416 e. The van der Waals surface area contributed by atoms with Gasteiger partial charge in [-0.05, 0) is 37.8 Å². The predicted molar refractivity (Wildman–Crippen MR) is 102 cm³/mol. The van der Waals surface area contributed by atoms with Gasteiger partial charge in [0.15, 0.2) is 6.61 Å². The molecule has 1 amide bonds. The average molecular weight is 431 g/mol. The van der Waals surface area contributed by atoms with E-state index in [1.807, 2.05) is 6.92 Å². The summed E-state index contributed by atoms with van der Waals surface area (Å²) in [6.07, 6.45) is -0.741. The number of nitrogens with zero attached hydrogens (tertiary/aromatic N) is 1. The van der Waals surface area contributed by atoms with Crippen LogP contribution in [0.15, 0.2) is 18.2 Å². The Labute approximate surface area is 171 Å². The Morgan fingerprint density at radius 2 is 1.97 bits per heavy atom. The highest BCUT2D eigenvalue weighted by atomic mass is 19.4. The number of carbonyl (C=O) groups is 2. The topological polar surface area (TPSA) is 111 Å². The van der Waals surface area contributed by atoms with Crippen LogP contribution >= 0.6 is 0 Å². The summed E-state index contributed by atoms with van der Waals surface area (Å²) in [7, 11) is 0. The molecule has 1 saturated carbocycles. The van der Waals surface area contributed by atoms with Crippen molar-refractivity contribution >= 4 is 23.3 Å². The highest BCUT2D eigenvalue weighted by Gasteiger charge is 2.33. The zero-order chi connectivity index (χ0) is 22.5. The zero-order valence-electron chi connectivity index (χ0n) is 16.6. The number of hydrogen-bond acceptors (Lipinski definition) is 6. The number of carbonyl (C=O) groups excluding carboxylic acids is 2. The van der Waals surface area contributed by atoms with Crippen LogP contribution in [0.3, 0.4) is 0 Å². The molecular formula is C19H24F3N3O5. The van der Waals surface area contributed by atoms with Gasteiger partial charge < -0.3 is 15.4 Å². The van der Waals surface area contributed by atoms with E-state index in [9.17, 15) is 32.9 Å². The van der Waals surface area contributed by atoms with E-state index in [2.05, 4.69) is 10.6 Å². The van der Waals surface area contributed by atoms with E-state index in [4.69, 9.17) is 4.74 Å². The number of ether oxygens (including phenoxy) is 1. The van der Waals surface area contributed by atoms with Crippen LogP contribution in [0.2, 0.25) is 0 Å². The molecule has 11 heteroatoms. The molecule has 1 aromatic carbocycles. The Morgan fingerprint density at radius 3 is 2.57 bits per heavy atom. The molecule has 0 spiro atoms. The van der Waals surface area contributed by atoms with Crippen LogP contribution in [0.5, 0.6) is 0 Å². The van der Waals surface area contributed by atoms with E-state index < -0.39 is 46.9 Å². The lowest BCUT2D eigenvalue weighted by molar-refractivity contribution is -0.384. The third-order valence-electron chi connectivity index (χ3n) is 5.05. The first-order valence-corrected chi connectivity index (χ1v) is 9.57. The Kier molecular flexibility index (Phi) is 7.63. The van der Waals surface area contributed by atoms with E-state index in [0.717, 1.165) is 31.7 Å². The number of nitrogens with one attached hydrogen (secondary N) is 2. The normalized spacial score (nSPS) is 20.2. The van der Waals surface area contributed by atoms with E-state index in [-0.39, 0.29) is 11.7 Å². The molecule has 1 fully saturated rings. The van der Waals surface area contributed by atoms with Crippen molar-refractivity contribution in [3.05, 3.63) is 33.9 Å². The Morgan fingerprint density at radius 1 is 1.30 bits per heavy atom. The van der Waals surface area contributed by atoms with E-state index in [1.165, 1.54) is 6.92 Å². The number of halogens is 3. The number of rotatable bonds is 7. The minimum Gasteiger partial charge on any atom is -0.454 e. The van der Waals surface area contributed by atoms with Crippen LogP contribution in [0, 0.1) is 16.0 Å². The van der Waals surface area contributed by atoms with Crippen LogP contribution in [0.4, 0.5) is 24.5 Å². The molecule has 0 radical (unpaired) electrons. The minimum absolute atomic E-state index is 0.0234. The Balaban J connectivity index is 1.93. The van der Waals surface area contributed by atoms with Crippen molar-refractivity contribution in [2.24, 2.45) is 5.92 Å². The fourth-order valence-corrected chi connectivity index (χ4v) is 3.31. The average Bonchev–Trinajstić information content (AvgIpc) is 2.67. The number of anilines is 1. The SMILES string of the molecule is CC1CCCCC1NC(=O)COC(=O)[C@H](C)Nc1ccc(C(F)(F)F)cc1[N+](=O)[O-]. The van der Waals surface area contributed by atoms with Gasteiger partial charge in [0, 0.05) is 12.1 Å². The van der Waals surface area contributed by atoms with Gasteiger partial charge in [-0.25, -0.2) is 4.79 Å². The summed E-state index contributed by atoms with van der Waals surface area (Å²) in [4.78, 5) is 34.2. The smallest absolute Gasteiger partial charge is 0.416 e. The Bertz CT molecular complexity index is 800. The van der Waals surface area contributed by atoms with Crippen molar-refractivity contribution < 1.29 is 32.4 Å². The number of nitro benzene ring substituents is 1. The monoisotopic (exact) mass is 431 g/mol. The van der Waals surface area contributed by atoms with Crippen molar-refractivity contribution in [1.82, 2.24) is 5.32 Å². The quantitative estimate of drug-likeness (QED) is 0.387. The van der Waals surface area contributed by atoms with Gasteiger partial charge in [0.05, 0.1) is 10.5 Å². The molecule has 1 aliphatic carbocycles. The molecule has 2 rings (SSSR count). The molecule has 8 nitrogen and oxygen atoms in total. The molecule has 0 bridgehead atoms. The molecule has 0 aromatic heterocycles. The molecule has 30 heavy (non-hydrogen) atoms. The van der Waals surface area contributed by atoms with Crippen LogP contribution in [0.25, 0.3) is 0 Å². The van der Waals surface area contributed by atoms with Crippen LogP contribution < -0.4 is 10.6 Å². The van der Waals surface area contributed by atoms with Crippen molar-refractivity contribution in [2.45, 2.75) is 57.8 Å². The van der Waals surface area contributed by atoms with Gasteiger partial charge >= 0.3 is 12.1 Å². The number of amides is 1. The van der Waals surface area contributed by atoms with Crippen LogP contribution in [-0.2, 0) is 20.5 Å². The lowest BCUT2D eigenvalue weighted by Gasteiger charge is -2.29. The summed E-state index contributed by atoms with van der Waals surface area (Å²) in [6.45, 7) is 2.85. The summed E-state index contributed by atoms with van der Waals surface area (Å²) in [6, 6.07) is 0.838. The second kappa shape index (κ2) is 9.77. The van der Waals surface area contributed by atoms with Gasteiger partial charge in [-0.2, -0.15) is 13.2 Å². The summed E-state index contributed by atoms with van der Waals surface area (Å²) in [5, 5.41) is 16.4. The summed E-state index contributed by atoms with van der Waals surface area (Å²) < 4.78 is 43.2. The van der Waals surface area contributed by atoms with Crippen molar-refractivity contribution in [2.75, 3.05) is 11.9 Å². The first kappa shape index (κ1) is 23.4. The number of benzene rings is 1. The highest BCUT2D eigenvalue weighted by Crippen LogP contribution is 2.35. The van der Waals surface area contributed by atoms with Gasteiger partial charge in [0.2, 0.25) is 0 Å². The molecule has 1 aromatic rings. The third-order valence-corrected chi connectivity index (χ3v) is 5.05. The first-order chi connectivity index (χ1) is 14.0. The van der Waals surface area contributed by atoms with Crippen molar-refractivity contribution in [1.29, 1.82) is 0 Å². The maximum atomic E-state index is 12.8. The highest BCUT2D eigenvalue weighted by molar-refractivity contribution is 5.84. The summed E-state index contributed by atoms with van der Waals surface area (Å²) >= 11 is 0. The zero-order valence-corrected chi connectivity index (χ0v) is 16.6. The van der Waals surface area contributed by atoms with Gasteiger partial charge in [0.1, 0.15) is 11.7 Å². The van der Waals surface area contributed by atoms with Gasteiger partial charge in [-0.15, -0.1) is 0 Å². The van der Waals surface area contributed by atoms with Crippen molar-refractivity contribution in [3.8, 4) is 0 Å². The summed E-state index contributed by atoms with van der Waals surface area (Å²) in [5.74, 6) is -0.981. The Hall–Kier alpha value is -2.85. The molecule has 3 atom stereocenters. The summed E-state index contributed by atoms with van der Waals surface area (Å²) in [5.41, 5.74) is -2.27. The largest absolute Gasteiger partial charge is 0.454 e. The second-order valence-corrected chi connectivity index (χ2v) is 7.40.